The number of alkyl halides is 3. The van der Waals surface area contributed by atoms with Crippen LogP contribution in [0.3, 0.4) is 0 Å². The van der Waals surface area contributed by atoms with Gasteiger partial charge in [0.25, 0.3) is 0 Å². The molecule has 0 heterocycles. The lowest BCUT2D eigenvalue weighted by atomic mass is 9.77. The van der Waals surface area contributed by atoms with Crippen LogP contribution in [-0.4, -0.2) is 17.9 Å². The lowest BCUT2D eigenvalue weighted by Gasteiger charge is -2.29. The van der Waals surface area contributed by atoms with Crippen LogP contribution >= 0.6 is 0 Å². The Morgan fingerprint density at radius 3 is 2.21 bits per heavy atom. The maximum atomic E-state index is 12.1. The molecule has 1 aliphatic rings. The summed E-state index contributed by atoms with van der Waals surface area (Å²) in [4.78, 5) is 0. The van der Waals surface area contributed by atoms with Crippen LogP contribution in [0.4, 0.5) is 13.2 Å². The van der Waals surface area contributed by atoms with Gasteiger partial charge in [-0.15, -0.1) is 0 Å². The molecular weight excluding hydrogens is 313 g/mol. The van der Waals surface area contributed by atoms with Crippen LogP contribution in [0.15, 0.2) is 30.8 Å². The molecule has 0 aromatic heterocycles. The molecule has 1 aromatic carbocycles. The summed E-state index contributed by atoms with van der Waals surface area (Å²) >= 11 is 0. The third-order valence-corrected chi connectivity index (χ3v) is 5.15. The number of halogens is 3. The molecule has 134 valence electrons. The van der Waals surface area contributed by atoms with Crippen LogP contribution in [0.2, 0.25) is 0 Å². The first-order valence-corrected chi connectivity index (χ1v) is 8.85. The van der Waals surface area contributed by atoms with Crippen molar-refractivity contribution in [3.63, 3.8) is 0 Å². The largest absolute Gasteiger partial charge is 0.392 e. The summed E-state index contributed by atoms with van der Waals surface area (Å²) in [6.07, 6.45) is 1.68. The quantitative estimate of drug-likeness (QED) is 0.596. The SMILES string of the molecule is C=C(CO)c1ccc(C2CCC(CCCCC(F)(F)F)CC2)cc1. The normalized spacial score (nSPS) is 21.7. The Labute approximate surface area is 142 Å². The molecule has 0 atom stereocenters. The number of benzene rings is 1. The summed E-state index contributed by atoms with van der Waals surface area (Å²) < 4.78 is 36.4. The zero-order valence-corrected chi connectivity index (χ0v) is 14.1. The van der Waals surface area contributed by atoms with E-state index in [1.54, 1.807) is 0 Å². The molecule has 24 heavy (non-hydrogen) atoms. The maximum absolute atomic E-state index is 12.1. The van der Waals surface area contributed by atoms with Crippen molar-refractivity contribution >= 4 is 5.57 Å². The Morgan fingerprint density at radius 1 is 1.04 bits per heavy atom. The van der Waals surface area contributed by atoms with Crippen LogP contribution in [0.1, 0.15) is 68.4 Å². The fourth-order valence-corrected chi connectivity index (χ4v) is 3.63. The average Bonchev–Trinajstić information content (AvgIpc) is 2.58. The predicted octanol–water partition coefficient (Wildman–Crippen LogP) is 6.09. The van der Waals surface area contributed by atoms with Crippen LogP contribution in [0.25, 0.3) is 5.57 Å². The molecule has 1 fully saturated rings. The molecule has 0 amide bonds. The first-order chi connectivity index (χ1) is 11.4. The molecule has 4 heteroatoms. The van der Waals surface area contributed by atoms with E-state index in [1.165, 1.54) is 5.56 Å². The molecule has 1 saturated carbocycles. The zero-order chi connectivity index (χ0) is 17.6. The average molecular weight is 340 g/mol. The van der Waals surface area contributed by atoms with E-state index >= 15 is 0 Å². The van der Waals surface area contributed by atoms with Crippen LogP contribution in [0.5, 0.6) is 0 Å². The van der Waals surface area contributed by atoms with Crippen molar-refractivity contribution in [3.8, 4) is 0 Å². The molecule has 2 rings (SSSR count). The molecule has 0 saturated heterocycles. The summed E-state index contributed by atoms with van der Waals surface area (Å²) in [7, 11) is 0. The van der Waals surface area contributed by atoms with Crippen LogP contribution in [-0.2, 0) is 0 Å². The van der Waals surface area contributed by atoms with Crippen molar-refractivity contribution in [2.75, 3.05) is 6.61 Å². The third kappa shape index (κ3) is 5.97. The monoisotopic (exact) mass is 340 g/mol. The van der Waals surface area contributed by atoms with Gasteiger partial charge in [-0.1, -0.05) is 43.7 Å². The Kier molecular flexibility index (Phi) is 6.90. The van der Waals surface area contributed by atoms with Gasteiger partial charge < -0.3 is 5.11 Å². The minimum atomic E-state index is -4.01. The topological polar surface area (TPSA) is 20.2 Å². The summed E-state index contributed by atoms with van der Waals surface area (Å²) in [5.74, 6) is 1.13. The van der Waals surface area contributed by atoms with Gasteiger partial charge in [-0.3, -0.25) is 0 Å². The Bertz CT molecular complexity index is 511. The first-order valence-electron chi connectivity index (χ1n) is 8.85. The zero-order valence-electron chi connectivity index (χ0n) is 14.1. The molecule has 0 bridgehead atoms. The number of hydrogen-bond donors (Lipinski definition) is 1. The van der Waals surface area contributed by atoms with Crippen molar-refractivity contribution in [3.05, 3.63) is 42.0 Å². The Balaban J connectivity index is 1.73. The van der Waals surface area contributed by atoms with E-state index in [0.717, 1.165) is 43.2 Å². The van der Waals surface area contributed by atoms with Gasteiger partial charge in [0.2, 0.25) is 0 Å². The third-order valence-electron chi connectivity index (χ3n) is 5.15. The van der Waals surface area contributed by atoms with Gasteiger partial charge >= 0.3 is 6.18 Å². The van der Waals surface area contributed by atoms with Crippen molar-refractivity contribution < 1.29 is 18.3 Å². The number of unbranched alkanes of at least 4 members (excludes halogenated alkanes) is 1. The second kappa shape index (κ2) is 8.70. The fraction of sp³-hybridized carbons (Fsp3) is 0.600. The van der Waals surface area contributed by atoms with Crippen molar-refractivity contribution in [2.45, 2.75) is 63.5 Å². The van der Waals surface area contributed by atoms with Crippen molar-refractivity contribution in [1.82, 2.24) is 0 Å². The van der Waals surface area contributed by atoms with Crippen molar-refractivity contribution in [2.24, 2.45) is 5.92 Å². The van der Waals surface area contributed by atoms with E-state index in [4.69, 9.17) is 5.11 Å². The number of hydrogen-bond acceptors (Lipinski definition) is 1. The molecular formula is C20H27F3O. The highest BCUT2D eigenvalue weighted by Crippen LogP contribution is 2.38. The van der Waals surface area contributed by atoms with E-state index in [1.807, 2.05) is 12.1 Å². The van der Waals surface area contributed by atoms with E-state index in [-0.39, 0.29) is 13.0 Å². The van der Waals surface area contributed by atoms with Crippen molar-refractivity contribution in [1.29, 1.82) is 0 Å². The molecule has 0 radical (unpaired) electrons. The Morgan fingerprint density at radius 2 is 1.67 bits per heavy atom. The smallest absolute Gasteiger partial charge is 0.389 e. The molecule has 0 spiro atoms. The molecule has 1 N–H and O–H groups in total. The lowest BCUT2D eigenvalue weighted by molar-refractivity contribution is -0.135. The Hall–Kier alpha value is -1.29. The van der Waals surface area contributed by atoms with Crippen LogP contribution < -0.4 is 0 Å². The molecule has 1 nitrogen and oxygen atoms in total. The van der Waals surface area contributed by atoms with Gasteiger partial charge in [0, 0.05) is 6.42 Å². The van der Waals surface area contributed by atoms with E-state index in [2.05, 4.69) is 18.7 Å². The first kappa shape index (κ1) is 19.0. The minimum absolute atomic E-state index is 0.0290. The number of aliphatic hydroxyl groups excluding tert-OH is 1. The van der Waals surface area contributed by atoms with E-state index < -0.39 is 12.6 Å². The van der Waals surface area contributed by atoms with E-state index in [0.29, 0.717) is 18.3 Å². The van der Waals surface area contributed by atoms with Crippen LogP contribution in [0, 0.1) is 5.92 Å². The van der Waals surface area contributed by atoms with Gasteiger partial charge in [0.1, 0.15) is 0 Å². The number of aliphatic hydroxyl groups is 1. The van der Waals surface area contributed by atoms with E-state index in [9.17, 15) is 13.2 Å². The molecule has 1 aliphatic carbocycles. The second-order valence-electron chi connectivity index (χ2n) is 6.96. The highest BCUT2D eigenvalue weighted by molar-refractivity contribution is 5.64. The molecule has 1 aromatic rings. The van der Waals surface area contributed by atoms with Gasteiger partial charge in [-0.05, 0) is 60.6 Å². The van der Waals surface area contributed by atoms with Gasteiger partial charge in [-0.25, -0.2) is 0 Å². The minimum Gasteiger partial charge on any atom is -0.392 e. The summed E-state index contributed by atoms with van der Waals surface area (Å²) in [6, 6.07) is 8.25. The van der Waals surface area contributed by atoms with Gasteiger partial charge in [0.15, 0.2) is 0 Å². The standard InChI is InChI=1S/C20H27F3O/c1-15(14-24)17-9-11-19(12-10-17)18-7-5-16(6-8-18)4-2-3-13-20(21,22)23/h9-12,16,18,24H,1-8,13-14H2. The highest BCUT2D eigenvalue weighted by atomic mass is 19.4. The number of rotatable bonds is 7. The summed E-state index contributed by atoms with van der Waals surface area (Å²) in [5, 5.41) is 9.11. The predicted molar refractivity (Wildman–Crippen MR) is 91.8 cm³/mol. The molecule has 0 aliphatic heterocycles. The summed E-state index contributed by atoms with van der Waals surface area (Å²) in [5.41, 5.74) is 3.02. The second-order valence-corrected chi connectivity index (χ2v) is 6.96. The highest BCUT2D eigenvalue weighted by Gasteiger charge is 2.27. The molecule has 0 unspecified atom stereocenters. The fourth-order valence-electron chi connectivity index (χ4n) is 3.63. The summed E-state index contributed by atoms with van der Waals surface area (Å²) in [6.45, 7) is 3.80. The van der Waals surface area contributed by atoms with Gasteiger partial charge in [0.05, 0.1) is 6.61 Å². The lowest BCUT2D eigenvalue weighted by Crippen LogP contribution is -2.14. The maximum Gasteiger partial charge on any atom is 0.389 e. The van der Waals surface area contributed by atoms with Gasteiger partial charge in [-0.2, -0.15) is 13.2 Å².